The summed E-state index contributed by atoms with van der Waals surface area (Å²) in [5.74, 6) is -0.242. The number of nitrogens with zero attached hydrogens (tertiary/aromatic N) is 2. The second kappa shape index (κ2) is 5.16. The van der Waals surface area contributed by atoms with E-state index in [1.165, 1.54) is 6.33 Å². The van der Waals surface area contributed by atoms with Gasteiger partial charge in [-0.2, -0.15) is 0 Å². The lowest BCUT2D eigenvalue weighted by Gasteiger charge is -2.01. The number of aldehydes is 1. The smallest absolute Gasteiger partial charge is 0.307 e. The van der Waals surface area contributed by atoms with Crippen LogP contribution in [0.5, 0.6) is 0 Å². The van der Waals surface area contributed by atoms with Gasteiger partial charge in [0.15, 0.2) is 6.29 Å². The molecule has 1 aromatic rings. The van der Waals surface area contributed by atoms with Crippen molar-refractivity contribution in [1.82, 2.24) is 9.55 Å². The topological polar surface area (TPSA) is 61.2 Å². The van der Waals surface area contributed by atoms with E-state index in [4.69, 9.17) is 4.74 Å². The summed E-state index contributed by atoms with van der Waals surface area (Å²) in [6.07, 6.45) is 4.07. The number of esters is 1. The van der Waals surface area contributed by atoms with Crippen LogP contribution in [-0.4, -0.2) is 28.4 Å². The van der Waals surface area contributed by atoms with E-state index < -0.39 is 0 Å². The lowest BCUT2D eigenvalue weighted by molar-refractivity contribution is -0.143. The van der Waals surface area contributed by atoms with E-state index in [9.17, 15) is 9.59 Å². The molecule has 5 heteroatoms. The van der Waals surface area contributed by atoms with Gasteiger partial charge in [-0.3, -0.25) is 9.59 Å². The highest BCUT2D eigenvalue weighted by atomic mass is 16.5. The van der Waals surface area contributed by atoms with Crippen LogP contribution in [0.4, 0.5) is 0 Å². The monoisotopic (exact) mass is 196 g/mol. The van der Waals surface area contributed by atoms with Crippen molar-refractivity contribution < 1.29 is 14.3 Å². The first-order chi connectivity index (χ1) is 6.76. The number of hydrogen-bond donors (Lipinski definition) is 0. The molecule has 1 aromatic heterocycles. The summed E-state index contributed by atoms with van der Waals surface area (Å²) in [7, 11) is 0. The molecule has 1 heterocycles. The fourth-order valence-corrected chi connectivity index (χ4v) is 1.01. The van der Waals surface area contributed by atoms with Gasteiger partial charge in [0.05, 0.1) is 19.4 Å². The van der Waals surface area contributed by atoms with E-state index >= 15 is 0 Å². The summed E-state index contributed by atoms with van der Waals surface area (Å²) in [5.41, 5.74) is 0.369. The summed E-state index contributed by atoms with van der Waals surface area (Å²) in [5, 5.41) is 0. The first kappa shape index (κ1) is 10.4. The van der Waals surface area contributed by atoms with E-state index in [2.05, 4.69) is 4.98 Å². The SMILES string of the molecule is CCOC(=O)CCn1cnc(C=O)c1. The van der Waals surface area contributed by atoms with Crippen molar-refractivity contribution in [3.8, 4) is 0 Å². The van der Waals surface area contributed by atoms with Crippen LogP contribution < -0.4 is 0 Å². The highest BCUT2D eigenvalue weighted by Gasteiger charge is 2.02. The Morgan fingerprint density at radius 1 is 1.71 bits per heavy atom. The van der Waals surface area contributed by atoms with Crippen LogP contribution in [0, 0.1) is 0 Å². The first-order valence-corrected chi connectivity index (χ1v) is 4.39. The third kappa shape index (κ3) is 3.01. The Morgan fingerprint density at radius 2 is 2.50 bits per heavy atom. The second-order valence-electron chi connectivity index (χ2n) is 2.71. The molecule has 0 aromatic carbocycles. The maximum absolute atomic E-state index is 11.0. The number of carbonyl (C=O) groups is 2. The number of aromatic nitrogens is 2. The summed E-state index contributed by atoms with van der Waals surface area (Å²) in [6, 6.07) is 0. The van der Waals surface area contributed by atoms with Crippen molar-refractivity contribution >= 4 is 12.3 Å². The predicted octanol–water partition coefficient (Wildman–Crippen LogP) is 0.649. The van der Waals surface area contributed by atoms with Gasteiger partial charge >= 0.3 is 5.97 Å². The zero-order valence-corrected chi connectivity index (χ0v) is 7.97. The van der Waals surface area contributed by atoms with Crippen LogP contribution in [0.25, 0.3) is 0 Å². The molecular weight excluding hydrogens is 184 g/mol. The number of rotatable bonds is 5. The highest BCUT2D eigenvalue weighted by molar-refractivity contribution is 5.71. The Bertz CT molecular complexity index is 320. The van der Waals surface area contributed by atoms with Crippen molar-refractivity contribution in [2.24, 2.45) is 0 Å². The van der Waals surface area contributed by atoms with Gasteiger partial charge in [-0.25, -0.2) is 4.98 Å². The zero-order valence-electron chi connectivity index (χ0n) is 7.97. The summed E-state index contributed by atoms with van der Waals surface area (Å²) in [4.78, 5) is 25.1. The molecule has 0 amide bonds. The summed E-state index contributed by atoms with van der Waals surface area (Å²) in [6.45, 7) is 2.64. The van der Waals surface area contributed by atoms with Crippen molar-refractivity contribution in [1.29, 1.82) is 0 Å². The predicted molar refractivity (Wildman–Crippen MR) is 48.9 cm³/mol. The maximum atomic E-state index is 11.0. The normalized spacial score (nSPS) is 9.79. The van der Waals surface area contributed by atoms with Crippen molar-refractivity contribution in [3.05, 3.63) is 18.2 Å². The van der Waals surface area contributed by atoms with Gasteiger partial charge in [-0.15, -0.1) is 0 Å². The average molecular weight is 196 g/mol. The molecular formula is C9H12N2O3. The number of carbonyl (C=O) groups excluding carboxylic acids is 2. The molecule has 76 valence electrons. The fraction of sp³-hybridized carbons (Fsp3) is 0.444. The Kier molecular flexibility index (Phi) is 3.84. The molecule has 0 saturated heterocycles. The van der Waals surface area contributed by atoms with Gasteiger partial charge < -0.3 is 9.30 Å². The third-order valence-electron chi connectivity index (χ3n) is 1.65. The minimum Gasteiger partial charge on any atom is -0.466 e. The molecule has 0 unspecified atom stereocenters. The lowest BCUT2D eigenvalue weighted by atomic mass is 10.4. The molecule has 0 saturated carbocycles. The number of hydrogen-bond acceptors (Lipinski definition) is 4. The van der Waals surface area contributed by atoms with Gasteiger partial charge in [-0.05, 0) is 6.92 Å². The lowest BCUT2D eigenvalue weighted by Crippen LogP contribution is -2.07. The molecule has 0 fully saturated rings. The molecule has 1 rings (SSSR count). The largest absolute Gasteiger partial charge is 0.466 e. The average Bonchev–Trinajstić information content (AvgIpc) is 2.63. The zero-order chi connectivity index (χ0) is 10.4. The quantitative estimate of drug-likeness (QED) is 0.512. The Morgan fingerprint density at radius 3 is 3.07 bits per heavy atom. The first-order valence-electron chi connectivity index (χ1n) is 4.39. The van der Waals surface area contributed by atoms with Crippen molar-refractivity contribution in [3.63, 3.8) is 0 Å². The van der Waals surface area contributed by atoms with E-state index in [1.807, 2.05) is 0 Å². The van der Waals surface area contributed by atoms with Crippen LogP contribution in [0.1, 0.15) is 23.8 Å². The van der Waals surface area contributed by atoms with Crippen LogP contribution in [0.15, 0.2) is 12.5 Å². The van der Waals surface area contributed by atoms with Crippen LogP contribution in [-0.2, 0) is 16.1 Å². The van der Waals surface area contributed by atoms with E-state index in [1.54, 1.807) is 17.7 Å². The minimum absolute atomic E-state index is 0.242. The molecule has 5 nitrogen and oxygen atoms in total. The third-order valence-corrected chi connectivity index (χ3v) is 1.65. The van der Waals surface area contributed by atoms with Gasteiger partial charge in [0.1, 0.15) is 5.69 Å². The van der Waals surface area contributed by atoms with E-state index in [0.717, 1.165) is 0 Å². The molecule has 0 radical (unpaired) electrons. The molecule has 0 N–H and O–H groups in total. The van der Waals surface area contributed by atoms with Crippen molar-refractivity contribution in [2.45, 2.75) is 19.9 Å². The van der Waals surface area contributed by atoms with E-state index in [0.29, 0.717) is 31.6 Å². The van der Waals surface area contributed by atoms with Crippen LogP contribution in [0.3, 0.4) is 0 Å². The fourth-order valence-electron chi connectivity index (χ4n) is 1.01. The van der Waals surface area contributed by atoms with Crippen molar-refractivity contribution in [2.75, 3.05) is 6.61 Å². The Balaban J connectivity index is 2.37. The molecule has 0 aliphatic heterocycles. The molecule has 0 aliphatic carbocycles. The standard InChI is InChI=1S/C9H12N2O3/c1-2-14-9(13)3-4-11-5-8(6-12)10-7-11/h5-7H,2-4H2,1H3. The second-order valence-corrected chi connectivity index (χ2v) is 2.71. The van der Waals surface area contributed by atoms with Gasteiger partial charge in [0, 0.05) is 12.7 Å². The Labute approximate surface area is 81.7 Å². The van der Waals surface area contributed by atoms with E-state index in [-0.39, 0.29) is 5.97 Å². The molecule has 0 spiro atoms. The number of imidazole rings is 1. The number of ether oxygens (including phenoxy) is 1. The van der Waals surface area contributed by atoms with Gasteiger partial charge in [0.25, 0.3) is 0 Å². The highest BCUT2D eigenvalue weighted by Crippen LogP contribution is 1.96. The molecule has 0 atom stereocenters. The molecule has 0 aliphatic rings. The molecule has 14 heavy (non-hydrogen) atoms. The number of aryl methyl sites for hydroxylation is 1. The van der Waals surface area contributed by atoms with Gasteiger partial charge in [0.2, 0.25) is 0 Å². The maximum Gasteiger partial charge on any atom is 0.307 e. The molecule has 0 bridgehead atoms. The summed E-state index contributed by atoms with van der Waals surface area (Å²) >= 11 is 0. The van der Waals surface area contributed by atoms with Crippen LogP contribution in [0.2, 0.25) is 0 Å². The Hall–Kier alpha value is -1.65. The van der Waals surface area contributed by atoms with Gasteiger partial charge in [-0.1, -0.05) is 0 Å². The summed E-state index contributed by atoms with van der Waals surface area (Å²) < 4.78 is 6.44. The minimum atomic E-state index is -0.242. The van der Waals surface area contributed by atoms with Crippen LogP contribution >= 0.6 is 0 Å².